The lowest BCUT2D eigenvalue weighted by molar-refractivity contribution is 0.296. The lowest BCUT2D eigenvalue weighted by atomic mass is 10.2. The summed E-state index contributed by atoms with van der Waals surface area (Å²) in [5.74, 6) is 0.862. The van der Waals surface area contributed by atoms with Gasteiger partial charge in [-0.3, -0.25) is 4.98 Å². The Morgan fingerprint density at radius 1 is 1.20 bits per heavy atom. The number of aliphatic hydroxyl groups excluding tert-OH is 1. The maximum atomic E-state index is 9.56. The maximum Gasteiger partial charge on any atom is 0.0809 e. The number of thiophene rings is 1. The molecule has 1 aromatic carbocycles. The minimum Gasteiger partial charge on any atom is -0.395 e. The molecule has 2 heterocycles. The number of thioether (sulfide) groups is 1. The van der Waals surface area contributed by atoms with Gasteiger partial charge >= 0.3 is 0 Å². The highest BCUT2D eigenvalue weighted by Gasteiger charge is 2.11. The molecule has 2 nitrogen and oxygen atoms in total. The molecule has 0 bridgehead atoms. The largest absolute Gasteiger partial charge is 0.395 e. The van der Waals surface area contributed by atoms with E-state index in [-0.39, 0.29) is 11.9 Å². The number of benzene rings is 1. The molecule has 3 aromatic rings. The molecule has 0 saturated heterocycles. The minimum absolute atomic E-state index is 0.121. The van der Waals surface area contributed by atoms with E-state index < -0.39 is 0 Å². The van der Waals surface area contributed by atoms with E-state index in [0.29, 0.717) is 0 Å². The highest BCUT2D eigenvalue weighted by molar-refractivity contribution is 7.98. The zero-order chi connectivity index (χ0) is 13.8. The Bertz CT molecular complexity index is 681. The minimum atomic E-state index is 0.121. The summed E-state index contributed by atoms with van der Waals surface area (Å²) in [7, 11) is 0. The van der Waals surface area contributed by atoms with Crippen LogP contribution in [0.3, 0.4) is 0 Å². The van der Waals surface area contributed by atoms with Crippen molar-refractivity contribution in [3.05, 3.63) is 65.2 Å². The van der Waals surface area contributed by atoms with Crippen molar-refractivity contribution in [1.82, 2.24) is 4.98 Å². The zero-order valence-corrected chi connectivity index (χ0v) is 12.5. The van der Waals surface area contributed by atoms with Crippen molar-refractivity contribution in [2.24, 2.45) is 0 Å². The molecule has 0 amide bonds. The average molecular weight is 301 g/mol. The molecule has 1 atom stereocenters. The Morgan fingerprint density at radius 3 is 2.85 bits per heavy atom. The first-order chi connectivity index (χ1) is 9.86. The molecule has 0 aliphatic rings. The average Bonchev–Trinajstić information content (AvgIpc) is 2.96. The Morgan fingerprint density at radius 2 is 2.05 bits per heavy atom. The van der Waals surface area contributed by atoms with Crippen molar-refractivity contribution >= 4 is 33.3 Å². The van der Waals surface area contributed by atoms with Gasteiger partial charge in [0.1, 0.15) is 0 Å². The lowest BCUT2D eigenvalue weighted by Gasteiger charge is -2.14. The topological polar surface area (TPSA) is 33.1 Å². The Balaban J connectivity index is 1.71. The van der Waals surface area contributed by atoms with Gasteiger partial charge in [0.2, 0.25) is 0 Å². The molecule has 0 fully saturated rings. The van der Waals surface area contributed by atoms with Crippen LogP contribution in [0.2, 0.25) is 0 Å². The predicted octanol–water partition coefficient (Wildman–Crippen LogP) is 4.26. The van der Waals surface area contributed by atoms with Crippen LogP contribution in [0.4, 0.5) is 0 Å². The van der Waals surface area contributed by atoms with Crippen LogP contribution in [-0.4, -0.2) is 16.7 Å². The van der Waals surface area contributed by atoms with Crippen LogP contribution in [-0.2, 0) is 5.75 Å². The smallest absolute Gasteiger partial charge is 0.0809 e. The fraction of sp³-hybridized carbons (Fsp3) is 0.188. The van der Waals surface area contributed by atoms with Crippen LogP contribution in [0.25, 0.3) is 10.2 Å². The van der Waals surface area contributed by atoms with E-state index >= 15 is 0 Å². The second-order valence-corrected chi connectivity index (χ2v) is 6.68. The van der Waals surface area contributed by atoms with Crippen LogP contribution in [0.1, 0.15) is 16.4 Å². The molecule has 20 heavy (non-hydrogen) atoms. The van der Waals surface area contributed by atoms with Crippen molar-refractivity contribution in [3.63, 3.8) is 0 Å². The summed E-state index contributed by atoms with van der Waals surface area (Å²) in [6.07, 6.45) is 1.93. The van der Waals surface area contributed by atoms with Gasteiger partial charge in [-0.25, -0.2) is 0 Å². The molecule has 1 N–H and O–H groups in total. The predicted molar refractivity (Wildman–Crippen MR) is 87.2 cm³/mol. The van der Waals surface area contributed by atoms with Crippen molar-refractivity contribution in [1.29, 1.82) is 0 Å². The number of nitrogens with zero attached hydrogens (tertiary/aromatic N) is 1. The maximum absolute atomic E-state index is 9.56. The summed E-state index contributed by atoms with van der Waals surface area (Å²) in [6.45, 7) is 0.156. The molecule has 0 radical (unpaired) electrons. The van der Waals surface area contributed by atoms with Crippen LogP contribution < -0.4 is 0 Å². The Labute approximate surface area is 126 Å². The van der Waals surface area contributed by atoms with E-state index in [9.17, 15) is 5.11 Å². The highest BCUT2D eigenvalue weighted by Crippen LogP contribution is 2.31. The van der Waals surface area contributed by atoms with Gasteiger partial charge in [-0.2, -0.15) is 0 Å². The molecule has 4 heteroatoms. The van der Waals surface area contributed by atoms with Crippen molar-refractivity contribution in [2.45, 2.75) is 11.0 Å². The van der Waals surface area contributed by atoms with E-state index in [1.54, 1.807) is 23.1 Å². The van der Waals surface area contributed by atoms with E-state index in [4.69, 9.17) is 0 Å². The highest BCUT2D eigenvalue weighted by atomic mass is 32.2. The van der Waals surface area contributed by atoms with Gasteiger partial charge in [0.15, 0.2) is 0 Å². The van der Waals surface area contributed by atoms with Gasteiger partial charge in [0.05, 0.1) is 22.1 Å². The Hall–Kier alpha value is -1.36. The van der Waals surface area contributed by atoms with E-state index in [1.807, 2.05) is 30.5 Å². The summed E-state index contributed by atoms with van der Waals surface area (Å²) in [4.78, 5) is 4.45. The van der Waals surface area contributed by atoms with E-state index in [1.165, 1.54) is 15.8 Å². The van der Waals surface area contributed by atoms with Crippen LogP contribution in [0.5, 0.6) is 0 Å². The van der Waals surface area contributed by atoms with Crippen LogP contribution >= 0.6 is 23.1 Å². The van der Waals surface area contributed by atoms with Gasteiger partial charge in [-0.15, -0.1) is 23.1 Å². The second-order valence-electron chi connectivity index (χ2n) is 4.54. The van der Waals surface area contributed by atoms with Gasteiger partial charge < -0.3 is 5.11 Å². The quantitative estimate of drug-likeness (QED) is 0.764. The van der Waals surface area contributed by atoms with Crippen LogP contribution in [0.15, 0.2) is 54.0 Å². The number of aliphatic hydroxyl groups is 1. The van der Waals surface area contributed by atoms with Crippen molar-refractivity contribution < 1.29 is 5.11 Å². The molecule has 0 saturated carbocycles. The lowest BCUT2D eigenvalue weighted by Crippen LogP contribution is -2.00. The van der Waals surface area contributed by atoms with Gasteiger partial charge in [-0.05, 0) is 28.6 Å². The normalized spacial score (nSPS) is 12.7. The molecule has 0 spiro atoms. The van der Waals surface area contributed by atoms with Gasteiger partial charge in [0, 0.05) is 11.9 Å². The fourth-order valence-corrected chi connectivity index (χ4v) is 3.90. The van der Waals surface area contributed by atoms with Gasteiger partial charge in [0.25, 0.3) is 0 Å². The molecule has 0 aliphatic heterocycles. The molecular formula is C16H15NOS2. The summed E-state index contributed by atoms with van der Waals surface area (Å²) in [6, 6.07) is 14.4. The first kappa shape index (κ1) is 13.6. The summed E-state index contributed by atoms with van der Waals surface area (Å²) in [5.41, 5.74) is 3.44. The number of pyridine rings is 1. The zero-order valence-electron chi connectivity index (χ0n) is 10.9. The van der Waals surface area contributed by atoms with Crippen LogP contribution in [0, 0.1) is 0 Å². The number of aromatic nitrogens is 1. The van der Waals surface area contributed by atoms with Crippen molar-refractivity contribution in [2.75, 3.05) is 6.61 Å². The van der Waals surface area contributed by atoms with E-state index in [0.717, 1.165) is 11.3 Å². The number of rotatable bonds is 5. The number of fused-ring (bicyclic) bond motifs is 1. The first-order valence-electron chi connectivity index (χ1n) is 6.46. The standard InChI is InChI=1S/C16H15NOS2/c18-10-16(13-4-2-1-3-5-13)20-11-12-8-15-14(17-9-12)6-7-19-15/h1-9,16,18H,10-11H2. The molecule has 102 valence electrons. The third kappa shape index (κ3) is 3.03. The van der Waals surface area contributed by atoms with Gasteiger partial charge in [-0.1, -0.05) is 30.3 Å². The summed E-state index contributed by atoms with van der Waals surface area (Å²) < 4.78 is 1.23. The molecule has 0 aliphatic carbocycles. The number of hydrogen-bond donors (Lipinski definition) is 1. The SMILES string of the molecule is OCC(SCc1cnc2ccsc2c1)c1ccccc1. The molecule has 3 rings (SSSR count). The molecule has 1 unspecified atom stereocenters. The summed E-state index contributed by atoms with van der Waals surface area (Å²) in [5, 5.41) is 11.7. The van der Waals surface area contributed by atoms with Crippen molar-refractivity contribution in [3.8, 4) is 0 Å². The molecular weight excluding hydrogens is 286 g/mol. The summed E-state index contributed by atoms with van der Waals surface area (Å²) >= 11 is 3.47. The molecule has 2 aromatic heterocycles. The first-order valence-corrected chi connectivity index (χ1v) is 8.39. The van der Waals surface area contributed by atoms with E-state index in [2.05, 4.69) is 28.6 Å². The second kappa shape index (κ2) is 6.39. The third-order valence-electron chi connectivity index (χ3n) is 3.15. The monoisotopic (exact) mass is 301 g/mol. The fourth-order valence-electron chi connectivity index (χ4n) is 2.08. The number of hydrogen-bond acceptors (Lipinski definition) is 4. The Kier molecular flexibility index (Phi) is 4.35. The third-order valence-corrected chi connectivity index (χ3v) is 5.32.